The van der Waals surface area contributed by atoms with E-state index in [-0.39, 0.29) is 11.9 Å². The Bertz CT molecular complexity index is 611. The van der Waals surface area contributed by atoms with Crippen molar-refractivity contribution in [1.29, 1.82) is 0 Å². The van der Waals surface area contributed by atoms with Crippen LogP contribution in [0.5, 0.6) is 0 Å². The zero-order chi connectivity index (χ0) is 17.2. The first-order chi connectivity index (χ1) is 11.7. The zero-order valence-corrected chi connectivity index (χ0v) is 14.4. The molecule has 0 radical (unpaired) electrons. The molecule has 0 bridgehead atoms. The van der Waals surface area contributed by atoms with Crippen molar-refractivity contribution in [3.05, 3.63) is 60.2 Å². The SMILES string of the molecule is COCCCNC(=O)CN[C@@H](C)c1ccc(-c2ccccc2)cc1. The van der Waals surface area contributed by atoms with Gasteiger partial charge in [-0.05, 0) is 30.0 Å². The lowest BCUT2D eigenvalue weighted by atomic mass is 10.0. The van der Waals surface area contributed by atoms with Crippen molar-refractivity contribution >= 4 is 5.91 Å². The van der Waals surface area contributed by atoms with Crippen LogP contribution in [0.15, 0.2) is 54.6 Å². The van der Waals surface area contributed by atoms with Gasteiger partial charge in [-0.25, -0.2) is 0 Å². The molecule has 1 atom stereocenters. The van der Waals surface area contributed by atoms with Gasteiger partial charge >= 0.3 is 0 Å². The summed E-state index contributed by atoms with van der Waals surface area (Å²) in [6, 6.07) is 18.9. The lowest BCUT2D eigenvalue weighted by molar-refractivity contribution is -0.120. The molecule has 0 spiro atoms. The Labute approximate surface area is 144 Å². The number of carbonyl (C=O) groups excluding carboxylic acids is 1. The number of amides is 1. The molecule has 0 aliphatic rings. The molecular weight excluding hydrogens is 300 g/mol. The van der Waals surface area contributed by atoms with Crippen LogP contribution in [0.2, 0.25) is 0 Å². The fourth-order valence-corrected chi connectivity index (χ4v) is 2.47. The van der Waals surface area contributed by atoms with Crippen molar-refractivity contribution in [2.75, 3.05) is 26.8 Å². The first-order valence-corrected chi connectivity index (χ1v) is 8.35. The van der Waals surface area contributed by atoms with Crippen molar-refractivity contribution in [3.8, 4) is 11.1 Å². The first kappa shape index (κ1) is 18.2. The van der Waals surface area contributed by atoms with Gasteiger partial charge in [0.05, 0.1) is 6.54 Å². The predicted molar refractivity (Wildman–Crippen MR) is 97.8 cm³/mol. The highest BCUT2D eigenvalue weighted by atomic mass is 16.5. The molecule has 0 fully saturated rings. The minimum Gasteiger partial charge on any atom is -0.385 e. The van der Waals surface area contributed by atoms with E-state index in [0.717, 1.165) is 6.42 Å². The van der Waals surface area contributed by atoms with Crippen LogP contribution in [-0.2, 0) is 9.53 Å². The Hall–Kier alpha value is -2.17. The van der Waals surface area contributed by atoms with E-state index < -0.39 is 0 Å². The summed E-state index contributed by atoms with van der Waals surface area (Å²) in [7, 11) is 1.66. The summed E-state index contributed by atoms with van der Waals surface area (Å²) in [5.41, 5.74) is 3.57. The minimum atomic E-state index is 0.0128. The van der Waals surface area contributed by atoms with Gasteiger partial charge in [-0.15, -0.1) is 0 Å². The van der Waals surface area contributed by atoms with Gasteiger partial charge in [-0.1, -0.05) is 54.6 Å². The molecule has 2 N–H and O–H groups in total. The number of hydrogen-bond acceptors (Lipinski definition) is 3. The molecule has 0 saturated heterocycles. The van der Waals surface area contributed by atoms with Crippen molar-refractivity contribution in [3.63, 3.8) is 0 Å². The molecule has 4 heteroatoms. The van der Waals surface area contributed by atoms with Gasteiger partial charge in [-0.2, -0.15) is 0 Å². The highest BCUT2D eigenvalue weighted by molar-refractivity contribution is 5.78. The molecule has 0 aliphatic carbocycles. The topological polar surface area (TPSA) is 50.4 Å². The van der Waals surface area contributed by atoms with Crippen LogP contribution >= 0.6 is 0 Å². The third-order valence-electron chi connectivity index (χ3n) is 3.93. The lowest BCUT2D eigenvalue weighted by Gasteiger charge is -2.15. The molecule has 2 aromatic carbocycles. The fourth-order valence-electron chi connectivity index (χ4n) is 2.47. The van der Waals surface area contributed by atoms with Crippen molar-refractivity contribution in [1.82, 2.24) is 10.6 Å². The average Bonchev–Trinajstić information content (AvgIpc) is 2.64. The molecule has 1 amide bonds. The zero-order valence-electron chi connectivity index (χ0n) is 14.4. The molecule has 24 heavy (non-hydrogen) atoms. The summed E-state index contributed by atoms with van der Waals surface area (Å²) in [6.07, 6.45) is 0.832. The quantitative estimate of drug-likeness (QED) is 0.696. The largest absolute Gasteiger partial charge is 0.385 e. The molecule has 2 aromatic rings. The molecular formula is C20H26N2O2. The average molecular weight is 326 g/mol. The van der Waals surface area contributed by atoms with Crippen LogP contribution in [0.1, 0.15) is 24.9 Å². The van der Waals surface area contributed by atoms with E-state index in [9.17, 15) is 4.79 Å². The van der Waals surface area contributed by atoms with E-state index >= 15 is 0 Å². The van der Waals surface area contributed by atoms with Gasteiger partial charge in [0, 0.05) is 26.3 Å². The minimum absolute atomic E-state index is 0.0128. The van der Waals surface area contributed by atoms with Crippen LogP contribution in [0.25, 0.3) is 11.1 Å². The monoisotopic (exact) mass is 326 g/mol. The standard InChI is InChI=1S/C20H26N2O2/c1-16(22-15-20(23)21-13-6-14-24-2)17-9-11-19(12-10-17)18-7-4-3-5-8-18/h3-5,7-12,16,22H,6,13-15H2,1-2H3,(H,21,23)/t16-/m0/s1. The second-order valence-electron chi connectivity index (χ2n) is 5.79. The number of benzene rings is 2. The summed E-state index contributed by atoms with van der Waals surface area (Å²) in [4.78, 5) is 11.8. The van der Waals surface area contributed by atoms with E-state index in [1.807, 2.05) is 18.2 Å². The van der Waals surface area contributed by atoms with E-state index in [1.54, 1.807) is 7.11 Å². The number of nitrogens with one attached hydrogen (secondary N) is 2. The second-order valence-corrected chi connectivity index (χ2v) is 5.79. The van der Waals surface area contributed by atoms with Gasteiger partial charge in [-0.3, -0.25) is 4.79 Å². The van der Waals surface area contributed by atoms with Crippen LogP contribution < -0.4 is 10.6 Å². The number of ether oxygens (including phenoxy) is 1. The lowest BCUT2D eigenvalue weighted by Crippen LogP contribution is -2.35. The van der Waals surface area contributed by atoms with Crippen molar-refractivity contribution in [2.24, 2.45) is 0 Å². The van der Waals surface area contributed by atoms with Gasteiger partial charge in [0.1, 0.15) is 0 Å². The number of hydrogen-bond donors (Lipinski definition) is 2. The Balaban J connectivity index is 1.80. The molecule has 0 aliphatic heterocycles. The molecule has 0 heterocycles. The summed E-state index contributed by atoms with van der Waals surface area (Å²) in [5.74, 6) is 0.0128. The van der Waals surface area contributed by atoms with Crippen molar-refractivity contribution < 1.29 is 9.53 Å². The van der Waals surface area contributed by atoms with Gasteiger partial charge in [0.25, 0.3) is 0 Å². The third-order valence-corrected chi connectivity index (χ3v) is 3.93. The molecule has 0 saturated carbocycles. The fraction of sp³-hybridized carbons (Fsp3) is 0.350. The Morgan fingerprint density at radius 3 is 2.38 bits per heavy atom. The Morgan fingerprint density at radius 2 is 1.71 bits per heavy atom. The maximum atomic E-state index is 11.8. The van der Waals surface area contributed by atoms with Crippen LogP contribution in [-0.4, -0.2) is 32.7 Å². The van der Waals surface area contributed by atoms with Gasteiger partial charge < -0.3 is 15.4 Å². The van der Waals surface area contributed by atoms with E-state index in [1.165, 1.54) is 16.7 Å². The van der Waals surface area contributed by atoms with Crippen LogP contribution in [0.3, 0.4) is 0 Å². The van der Waals surface area contributed by atoms with E-state index in [2.05, 4.69) is 54.0 Å². The number of rotatable bonds is 9. The Kier molecular flexibility index (Phi) is 7.46. The molecule has 2 rings (SSSR count). The predicted octanol–water partition coefficient (Wildman–Crippen LogP) is 3.16. The molecule has 4 nitrogen and oxygen atoms in total. The van der Waals surface area contributed by atoms with E-state index in [4.69, 9.17) is 4.74 Å². The van der Waals surface area contributed by atoms with Crippen molar-refractivity contribution in [2.45, 2.75) is 19.4 Å². The molecule has 128 valence electrons. The van der Waals surface area contributed by atoms with Gasteiger partial charge in [0.15, 0.2) is 0 Å². The highest BCUT2D eigenvalue weighted by Gasteiger charge is 2.08. The van der Waals surface area contributed by atoms with Crippen LogP contribution in [0, 0.1) is 0 Å². The maximum absolute atomic E-state index is 11.8. The molecule has 0 unspecified atom stereocenters. The summed E-state index contributed by atoms with van der Waals surface area (Å²) >= 11 is 0. The van der Waals surface area contributed by atoms with Crippen LogP contribution in [0.4, 0.5) is 0 Å². The smallest absolute Gasteiger partial charge is 0.233 e. The normalized spacial score (nSPS) is 11.9. The Morgan fingerprint density at radius 1 is 1.04 bits per heavy atom. The first-order valence-electron chi connectivity index (χ1n) is 8.35. The highest BCUT2D eigenvalue weighted by Crippen LogP contribution is 2.21. The summed E-state index contributed by atoms with van der Waals surface area (Å²) < 4.78 is 4.95. The maximum Gasteiger partial charge on any atom is 0.233 e. The second kappa shape index (κ2) is 9.85. The number of carbonyl (C=O) groups is 1. The van der Waals surface area contributed by atoms with E-state index in [0.29, 0.717) is 19.7 Å². The summed E-state index contributed by atoms with van der Waals surface area (Å²) in [6.45, 7) is 3.69. The summed E-state index contributed by atoms with van der Waals surface area (Å²) in [5, 5.41) is 6.13. The molecule has 0 aromatic heterocycles. The number of methoxy groups -OCH3 is 1. The third kappa shape index (κ3) is 5.80. The van der Waals surface area contributed by atoms with Gasteiger partial charge in [0.2, 0.25) is 5.91 Å².